The minimum atomic E-state index is 0.652. The summed E-state index contributed by atoms with van der Waals surface area (Å²) in [5.41, 5.74) is 1.25. The smallest absolute Gasteiger partial charge is 0.225 e. The Bertz CT molecular complexity index is 442. The van der Waals surface area contributed by atoms with Gasteiger partial charge in [0.1, 0.15) is 0 Å². The van der Waals surface area contributed by atoms with Crippen molar-refractivity contribution >= 4 is 5.95 Å². The summed E-state index contributed by atoms with van der Waals surface area (Å²) in [6, 6.07) is 2.76. The van der Waals surface area contributed by atoms with Crippen molar-refractivity contribution in [3.8, 4) is 0 Å². The average molecular weight is 274 g/mol. The van der Waals surface area contributed by atoms with Crippen LogP contribution in [0.3, 0.4) is 0 Å². The largest absolute Gasteiger partial charge is 0.342 e. The number of likely N-dealkylation sites (N-methyl/N-ethyl adjacent to an activating group) is 2. The van der Waals surface area contributed by atoms with Gasteiger partial charge in [-0.3, -0.25) is 0 Å². The molecule has 1 aliphatic carbocycles. The Labute approximate surface area is 122 Å². The lowest BCUT2D eigenvalue weighted by Gasteiger charge is -2.26. The van der Waals surface area contributed by atoms with Gasteiger partial charge in [0.25, 0.3) is 0 Å². The molecule has 1 aliphatic heterocycles. The van der Waals surface area contributed by atoms with E-state index in [1.165, 1.54) is 50.8 Å². The molecule has 110 valence electrons. The van der Waals surface area contributed by atoms with E-state index in [1.54, 1.807) is 0 Å². The fraction of sp³-hybridized carbons (Fsp3) is 0.750. The molecule has 1 unspecified atom stereocenters. The zero-order valence-electron chi connectivity index (χ0n) is 12.8. The van der Waals surface area contributed by atoms with E-state index in [9.17, 15) is 0 Å². The quantitative estimate of drug-likeness (QED) is 0.845. The van der Waals surface area contributed by atoms with Gasteiger partial charge in [-0.1, -0.05) is 12.8 Å². The molecule has 0 bridgehead atoms. The van der Waals surface area contributed by atoms with Crippen LogP contribution in [0.1, 0.15) is 50.1 Å². The van der Waals surface area contributed by atoms with Crippen LogP contribution in [-0.2, 0) is 0 Å². The first-order chi connectivity index (χ1) is 9.74. The molecule has 0 spiro atoms. The standard InChI is InChI=1S/C16H26N4/c1-19-11-5-8-14(19)12-20(2)16-17-10-9-15(18-16)13-6-3-4-7-13/h9-10,13-14H,3-8,11-12H2,1-2H3. The second kappa shape index (κ2) is 6.08. The van der Waals surface area contributed by atoms with Gasteiger partial charge in [0, 0.05) is 37.4 Å². The van der Waals surface area contributed by atoms with Crippen LogP contribution in [0.4, 0.5) is 5.95 Å². The summed E-state index contributed by atoms with van der Waals surface area (Å²) in [7, 11) is 4.35. The fourth-order valence-electron chi connectivity index (χ4n) is 3.60. The molecule has 1 saturated carbocycles. The SMILES string of the molecule is CN(CC1CCCN1C)c1nccc(C2CCCC2)n1. The Morgan fingerprint density at radius 3 is 2.75 bits per heavy atom. The highest BCUT2D eigenvalue weighted by molar-refractivity contribution is 5.30. The molecule has 2 heterocycles. The summed E-state index contributed by atoms with van der Waals surface area (Å²) in [6.07, 6.45) is 9.85. The summed E-state index contributed by atoms with van der Waals surface area (Å²) < 4.78 is 0. The van der Waals surface area contributed by atoms with Gasteiger partial charge in [-0.15, -0.1) is 0 Å². The van der Waals surface area contributed by atoms with Crippen LogP contribution in [0.15, 0.2) is 12.3 Å². The van der Waals surface area contributed by atoms with Crippen LogP contribution < -0.4 is 4.90 Å². The summed E-state index contributed by atoms with van der Waals surface area (Å²) in [4.78, 5) is 14.0. The molecule has 1 aromatic heterocycles. The number of hydrogen-bond acceptors (Lipinski definition) is 4. The van der Waals surface area contributed by atoms with Gasteiger partial charge < -0.3 is 9.80 Å². The molecule has 4 heteroatoms. The van der Waals surface area contributed by atoms with Crippen molar-refractivity contribution < 1.29 is 0 Å². The summed E-state index contributed by atoms with van der Waals surface area (Å²) in [5, 5.41) is 0. The first kappa shape index (κ1) is 13.8. The van der Waals surface area contributed by atoms with Gasteiger partial charge in [-0.05, 0) is 45.3 Å². The maximum Gasteiger partial charge on any atom is 0.225 e. The van der Waals surface area contributed by atoms with Crippen LogP contribution in [0.25, 0.3) is 0 Å². The van der Waals surface area contributed by atoms with E-state index in [-0.39, 0.29) is 0 Å². The van der Waals surface area contributed by atoms with E-state index in [0.717, 1.165) is 12.5 Å². The molecule has 1 atom stereocenters. The Kier molecular flexibility index (Phi) is 4.20. The van der Waals surface area contributed by atoms with E-state index in [4.69, 9.17) is 4.98 Å². The van der Waals surface area contributed by atoms with E-state index in [0.29, 0.717) is 12.0 Å². The minimum Gasteiger partial charge on any atom is -0.342 e. The van der Waals surface area contributed by atoms with Crippen LogP contribution in [0, 0.1) is 0 Å². The van der Waals surface area contributed by atoms with Crippen molar-refractivity contribution in [1.29, 1.82) is 0 Å². The molecule has 0 radical (unpaired) electrons. The summed E-state index contributed by atoms with van der Waals surface area (Å²) >= 11 is 0. The van der Waals surface area contributed by atoms with Crippen LogP contribution in [-0.4, -0.2) is 48.1 Å². The maximum atomic E-state index is 4.82. The molecule has 4 nitrogen and oxygen atoms in total. The maximum absolute atomic E-state index is 4.82. The fourth-order valence-corrected chi connectivity index (χ4v) is 3.60. The van der Waals surface area contributed by atoms with Gasteiger partial charge in [0.05, 0.1) is 0 Å². The first-order valence-corrected chi connectivity index (χ1v) is 7.98. The lowest BCUT2D eigenvalue weighted by Crippen LogP contribution is -2.37. The molecule has 20 heavy (non-hydrogen) atoms. The van der Waals surface area contributed by atoms with E-state index >= 15 is 0 Å². The molecule has 0 aromatic carbocycles. The van der Waals surface area contributed by atoms with Gasteiger partial charge in [-0.2, -0.15) is 0 Å². The average Bonchev–Trinajstić information content (AvgIpc) is 3.12. The van der Waals surface area contributed by atoms with Crippen molar-refractivity contribution in [3.05, 3.63) is 18.0 Å². The van der Waals surface area contributed by atoms with E-state index < -0.39 is 0 Å². The first-order valence-electron chi connectivity index (χ1n) is 7.98. The van der Waals surface area contributed by atoms with Gasteiger partial charge in [0.2, 0.25) is 5.95 Å². The molecule has 0 N–H and O–H groups in total. The third-order valence-electron chi connectivity index (χ3n) is 4.94. The van der Waals surface area contributed by atoms with E-state index in [2.05, 4.69) is 34.9 Å². The van der Waals surface area contributed by atoms with Crippen molar-refractivity contribution in [2.75, 3.05) is 32.1 Å². The monoisotopic (exact) mass is 274 g/mol. The zero-order chi connectivity index (χ0) is 13.9. The number of anilines is 1. The second-order valence-electron chi connectivity index (χ2n) is 6.42. The zero-order valence-corrected chi connectivity index (χ0v) is 12.8. The normalized spacial score (nSPS) is 24.4. The van der Waals surface area contributed by atoms with Crippen LogP contribution in [0.5, 0.6) is 0 Å². The lowest BCUT2D eigenvalue weighted by molar-refractivity contribution is 0.313. The number of aromatic nitrogens is 2. The molecular formula is C16H26N4. The van der Waals surface area contributed by atoms with Crippen molar-refractivity contribution in [3.63, 3.8) is 0 Å². The Hall–Kier alpha value is -1.16. The Morgan fingerprint density at radius 1 is 1.25 bits per heavy atom. The van der Waals surface area contributed by atoms with Crippen molar-refractivity contribution in [1.82, 2.24) is 14.9 Å². The van der Waals surface area contributed by atoms with Crippen molar-refractivity contribution in [2.45, 2.75) is 50.5 Å². The highest BCUT2D eigenvalue weighted by Crippen LogP contribution is 2.33. The van der Waals surface area contributed by atoms with Crippen molar-refractivity contribution in [2.24, 2.45) is 0 Å². The molecule has 3 rings (SSSR count). The predicted molar refractivity (Wildman–Crippen MR) is 82.2 cm³/mol. The molecule has 2 aliphatic rings. The molecule has 0 amide bonds. The number of nitrogens with zero attached hydrogens (tertiary/aromatic N) is 4. The lowest BCUT2D eigenvalue weighted by atomic mass is 10.0. The third kappa shape index (κ3) is 2.95. The van der Waals surface area contributed by atoms with Gasteiger partial charge in [0.15, 0.2) is 0 Å². The predicted octanol–water partition coefficient (Wildman–Crippen LogP) is 2.66. The minimum absolute atomic E-state index is 0.652. The topological polar surface area (TPSA) is 32.3 Å². The molecule has 1 aromatic rings. The highest BCUT2D eigenvalue weighted by atomic mass is 15.3. The Balaban J connectivity index is 1.67. The number of rotatable bonds is 4. The van der Waals surface area contributed by atoms with Crippen LogP contribution in [0.2, 0.25) is 0 Å². The second-order valence-corrected chi connectivity index (χ2v) is 6.42. The highest BCUT2D eigenvalue weighted by Gasteiger charge is 2.24. The van der Waals surface area contributed by atoms with Gasteiger partial charge in [-0.25, -0.2) is 9.97 Å². The number of likely N-dealkylation sites (tertiary alicyclic amines) is 1. The number of hydrogen-bond donors (Lipinski definition) is 0. The molecular weight excluding hydrogens is 248 g/mol. The van der Waals surface area contributed by atoms with E-state index in [1.807, 2.05) is 6.20 Å². The third-order valence-corrected chi connectivity index (χ3v) is 4.94. The Morgan fingerprint density at radius 2 is 2.05 bits per heavy atom. The van der Waals surface area contributed by atoms with Crippen LogP contribution >= 0.6 is 0 Å². The van der Waals surface area contributed by atoms with Gasteiger partial charge >= 0.3 is 0 Å². The molecule has 1 saturated heterocycles. The summed E-state index contributed by atoms with van der Waals surface area (Å²) in [5.74, 6) is 1.56. The molecule has 2 fully saturated rings. The summed E-state index contributed by atoms with van der Waals surface area (Å²) in [6.45, 7) is 2.26.